The van der Waals surface area contributed by atoms with Crippen molar-refractivity contribution in [2.24, 2.45) is 4.99 Å². The number of benzene rings is 2. The van der Waals surface area contributed by atoms with Crippen LogP contribution in [0.5, 0.6) is 0 Å². The van der Waals surface area contributed by atoms with Crippen molar-refractivity contribution in [2.45, 2.75) is 19.5 Å². The average Bonchev–Trinajstić information content (AvgIpc) is 2.89. The Hall–Kier alpha value is -4.29. The minimum Gasteiger partial charge on any atom is -0.478 e. The topological polar surface area (TPSA) is 132 Å². The molecule has 2 aromatic carbocycles. The summed E-state index contributed by atoms with van der Waals surface area (Å²) in [4.78, 5) is 40.5. The van der Waals surface area contributed by atoms with Gasteiger partial charge >= 0.3 is 24.2 Å². The fraction of sp³-hybridized carbons (Fsp3) is 0.360. The van der Waals surface area contributed by atoms with Crippen LogP contribution in [0.1, 0.15) is 22.8 Å². The van der Waals surface area contributed by atoms with Crippen LogP contribution in [0.25, 0.3) is 0 Å². The van der Waals surface area contributed by atoms with Crippen molar-refractivity contribution < 1.29 is 42.5 Å². The highest BCUT2D eigenvalue weighted by Crippen LogP contribution is 2.14. The van der Waals surface area contributed by atoms with Gasteiger partial charge in [0, 0.05) is 38.4 Å². The molecular weight excluding hydrogens is 509 g/mol. The average molecular weight is 539 g/mol. The van der Waals surface area contributed by atoms with Gasteiger partial charge in [-0.1, -0.05) is 30.3 Å². The van der Waals surface area contributed by atoms with Crippen molar-refractivity contribution in [2.75, 3.05) is 44.6 Å². The first-order valence-electron chi connectivity index (χ1n) is 11.7. The third-order valence-corrected chi connectivity index (χ3v) is 5.24. The maximum absolute atomic E-state index is 12.0. The van der Waals surface area contributed by atoms with Gasteiger partial charge in [-0.3, -0.25) is 4.99 Å². The standard InChI is InChI=1S/C23H28N4O4.C2HF3O2/c1-2-31-23(30)27-16-14-26(15-17-27)22(24-13-12-18-6-4-3-5-7-18)25-20-10-8-19(9-11-20)21(28)29;3-2(4,5)1(6)7/h3-11H,2,12-17H2,1H3,(H,24,25)(H,28,29);(H,6,7). The Morgan fingerprint density at radius 3 is 2.00 bits per heavy atom. The van der Waals surface area contributed by atoms with E-state index in [-0.39, 0.29) is 11.7 Å². The molecule has 10 nitrogen and oxygen atoms in total. The number of hydrogen-bond acceptors (Lipinski definition) is 5. The molecule has 0 spiro atoms. The summed E-state index contributed by atoms with van der Waals surface area (Å²) in [6.07, 6.45) is -4.56. The predicted octanol–water partition coefficient (Wildman–Crippen LogP) is 3.80. The predicted molar refractivity (Wildman–Crippen MR) is 133 cm³/mol. The van der Waals surface area contributed by atoms with Gasteiger partial charge in [0.25, 0.3) is 0 Å². The summed E-state index contributed by atoms with van der Waals surface area (Å²) < 4.78 is 36.8. The smallest absolute Gasteiger partial charge is 0.478 e. The molecule has 0 saturated carbocycles. The molecule has 1 aliphatic rings. The van der Waals surface area contributed by atoms with Crippen molar-refractivity contribution >= 4 is 29.7 Å². The van der Waals surface area contributed by atoms with E-state index in [9.17, 15) is 22.8 Å². The van der Waals surface area contributed by atoms with Crippen molar-refractivity contribution in [3.05, 3.63) is 65.7 Å². The number of guanidine groups is 1. The zero-order valence-electron chi connectivity index (χ0n) is 20.6. The van der Waals surface area contributed by atoms with Crippen molar-refractivity contribution in [1.29, 1.82) is 0 Å². The number of ether oxygens (including phenoxy) is 1. The number of carbonyl (C=O) groups excluding carboxylic acids is 1. The van der Waals surface area contributed by atoms with Gasteiger partial charge in [0.2, 0.25) is 0 Å². The number of alkyl halides is 3. The number of anilines is 1. The quantitative estimate of drug-likeness (QED) is 0.374. The first kappa shape index (κ1) is 29.9. The van der Waals surface area contributed by atoms with Gasteiger partial charge in [0.05, 0.1) is 12.2 Å². The molecule has 0 radical (unpaired) electrons. The van der Waals surface area contributed by atoms with Crippen LogP contribution in [0.4, 0.5) is 23.7 Å². The summed E-state index contributed by atoms with van der Waals surface area (Å²) >= 11 is 0. The molecule has 0 bridgehead atoms. The maximum Gasteiger partial charge on any atom is 0.490 e. The van der Waals surface area contributed by atoms with Crippen LogP contribution in [0, 0.1) is 0 Å². The third-order valence-electron chi connectivity index (χ3n) is 5.24. The number of carbonyl (C=O) groups is 3. The van der Waals surface area contributed by atoms with Crippen LogP contribution in [0.3, 0.4) is 0 Å². The van der Waals surface area contributed by atoms with Gasteiger partial charge in [-0.25, -0.2) is 14.4 Å². The molecule has 1 fully saturated rings. The van der Waals surface area contributed by atoms with E-state index in [1.54, 1.807) is 36.1 Å². The molecule has 1 heterocycles. The van der Waals surface area contributed by atoms with Gasteiger partial charge in [-0.05, 0) is 43.2 Å². The molecule has 1 aliphatic heterocycles. The zero-order valence-corrected chi connectivity index (χ0v) is 20.6. The van der Waals surface area contributed by atoms with E-state index < -0.39 is 18.1 Å². The molecule has 2 aromatic rings. The lowest BCUT2D eigenvalue weighted by molar-refractivity contribution is -0.192. The van der Waals surface area contributed by atoms with Crippen LogP contribution in [-0.4, -0.2) is 89.5 Å². The number of aliphatic carboxylic acids is 1. The van der Waals surface area contributed by atoms with Crippen LogP contribution in [-0.2, 0) is 16.0 Å². The van der Waals surface area contributed by atoms with Crippen LogP contribution < -0.4 is 5.32 Å². The number of nitrogens with zero attached hydrogens (tertiary/aromatic N) is 3. The largest absolute Gasteiger partial charge is 0.490 e. The minimum atomic E-state index is -5.08. The highest BCUT2D eigenvalue weighted by molar-refractivity contribution is 5.95. The first-order valence-corrected chi connectivity index (χ1v) is 11.7. The number of piperazine rings is 1. The molecule has 0 unspecified atom stereocenters. The summed E-state index contributed by atoms with van der Waals surface area (Å²) in [6.45, 7) is 5.13. The minimum absolute atomic E-state index is 0.233. The lowest BCUT2D eigenvalue weighted by Gasteiger charge is -2.36. The summed E-state index contributed by atoms with van der Waals surface area (Å²) in [5.74, 6) is -3.01. The zero-order chi connectivity index (χ0) is 28.1. The van der Waals surface area contributed by atoms with Crippen molar-refractivity contribution in [3.8, 4) is 0 Å². The van der Waals surface area contributed by atoms with E-state index in [1.807, 2.05) is 18.2 Å². The summed E-state index contributed by atoms with van der Waals surface area (Å²) in [5.41, 5.74) is 2.20. The second-order valence-electron chi connectivity index (χ2n) is 7.92. The lowest BCUT2D eigenvalue weighted by atomic mass is 10.2. The number of aliphatic imine (C=N–C) groups is 1. The summed E-state index contributed by atoms with van der Waals surface area (Å²) in [6, 6.07) is 16.7. The Labute approximate surface area is 217 Å². The normalized spacial score (nSPS) is 13.7. The highest BCUT2D eigenvalue weighted by Gasteiger charge is 2.38. The van der Waals surface area contributed by atoms with Gasteiger partial charge in [0.1, 0.15) is 0 Å². The molecule has 1 amide bonds. The maximum atomic E-state index is 12.0. The second-order valence-corrected chi connectivity index (χ2v) is 7.92. The van der Waals surface area contributed by atoms with Crippen LogP contribution in [0.2, 0.25) is 0 Å². The van der Waals surface area contributed by atoms with Crippen molar-refractivity contribution in [3.63, 3.8) is 0 Å². The van der Waals surface area contributed by atoms with E-state index >= 15 is 0 Å². The summed E-state index contributed by atoms with van der Waals surface area (Å²) in [7, 11) is 0. The molecule has 0 atom stereocenters. The van der Waals surface area contributed by atoms with Crippen molar-refractivity contribution in [1.82, 2.24) is 9.80 Å². The van der Waals surface area contributed by atoms with Gasteiger partial charge in [-0.2, -0.15) is 13.2 Å². The Morgan fingerprint density at radius 2 is 1.50 bits per heavy atom. The lowest BCUT2D eigenvalue weighted by Crippen LogP contribution is -2.52. The molecule has 3 N–H and O–H groups in total. The molecule has 0 aromatic heterocycles. The number of halogens is 3. The Morgan fingerprint density at radius 1 is 0.947 bits per heavy atom. The molecule has 1 saturated heterocycles. The van der Waals surface area contributed by atoms with E-state index in [0.717, 1.165) is 12.1 Å². The monoisotopic (exact) mass is 538 g/mol. The van der Waals surface area contributed by atoms with E-state index in [0.29, 0.717) is 45.3 Å². The highest BCUT2D eigenvalue weighted by atomic mass is 19.4. The van der Waals surface area contributed by atoms with E-state index in [2.05, 4.69) is 22.3 Å². The molecule has 206 valence electrons. The third kappa shape index (κ3) is 9.99. The number of carboxylic acid groups (broad SMARTS) is 2. The van der Waals surface area contributed by atoms with E-state index in [4.69, 9.17) is 24.7 Å². The second kappa shape index (κ2) is 14.4. The van der Waals surface area contributed by atoms with Gasteiger partial charge < -0.3 is 30.1 Å². The summed E-state index contributed by atoms with van der Waals surface area (Å²) in [5, 5.41) is 19.5. The molecule has 0 aliphatic carbocycles. The molecule has 3 rings (SSSR count). The number of rotatable bonds is 6. The van der Waals surface area contributed by atoms with Crippen LogP contribution >= 0.6 is 0 Å². The number of amides is 1. The SMILES string of the molecule is CCOC(=O)N1CCN(C(=NCCc2ccccc2)Nc2ccc(C(=O)O)cc2)CC1.O=C(O)C(F)(F)F. The van der Waals surface area contributed by atoms with E-state index in [1.165, 1.54) is 5.56 Å². The number of nitrogens with one attached hydrogen (secondary N) is 1. The Bertz CT molecular complexity index is 1090. The fourth-order valence-electron chi connectivity index (χ4n) is 3.29. The number of aromatic carboxylic acids is 1. The Balaban J connectivity index is 0.000000638. The first-order chi connectivity index (χ1) is 18.0. The molecule has 38 heavy (non-hydrogen) atoms. The fourth-order valence-corrected chi connectivity index (χ4v) is 3.29. The number of hydrogen-bond donors (Lipinski definition) is 3. The van der Waals surface area contributed by atoms with Gasteiger partial charge in [-0.15, -0.1) is 0 Å². The number of carboxylic acids is 2. The van der Waals surface area contributed by atoms with Crippen LogP contribution in [0.15, 0.2) is 59.6 Å². The Kier molecular flexibility index (Phi) is 11.4. The molecular formula is C25H29F3N4O6. The van der Waals surface area contributed by atoms with Gasteiger partial charge in [0.15, 0.2) is 5.96 Å². The molecule has 13 heteroatoms.